The Hall–Kier alpha value is -1.12. The summed E-state index contributed by atoms with van der Waals surface area (Å²) in [6, 6.07) is 0. The van der Waals surface area contributed by atoms with Crippen LogP contribution in [0.4, 0.5) is 0 Å². The van der Waals surface area contributed by atoms with E-state index in [-0.39, 0.29) is 0 Å². The van der Waals surface area contributed by atoms with E-state index in [1.54, 1.807) is 0 Å². The molecule has 0 aliphatic heterocycles. The van der Waals surface area contributed by atoms with Gasteiger partial charge < -0.3 is 0 Å². The highest BCUT2D eigenvalue weighted by Gasteiger charge is 2.03. The zero-order valence-corrected chi connectivity index (χ0v) is 13.7. The van der Waals surface area contributed by atoms with Crippen LogP contribution in [0.1, 0.15) is 71.9 Å². The molecule has 0 unspecified atom stereocenters. The number of hydrogen-bond donors (Lipinski definition) is 0. The number of hydrogen-bond acceptors (Lipinski definition) is 2. The summed E-state index contributed by atoms with van der Waals surface area (Å²) >= 11 is 0. The van der Waals surface area contributed by atoms with Gasteiger partial charge in [-0.15, -0.1) is 5.10 Å². The van der Waals surface area contributed by atoms with Gasteiger partial charge in [0.1, 0.15) is 0 Å². The molecule has 3 heteroatoms. The summed E-state index contributed by atoms with van der Waals surface area (Å²) < 4.78 is 2.06. The molecule has 0 saturated carbocycles. The van der Waals surface area contributed by atoms with Gasteiger partial charge >= 0.3 is 0 Å². The van der Waals surface area contributed by atoms with Crippen molar-refractivity contribution in [1.82, 2.24) is 15.0 Å². The monoisotopic (exact) mass is 277 g/mol. The van der Waals surface area contributed by atoms with Crippen LogP contribution in [-0.4, -0.2) is 15.0 Å². The number of unbranched alkanes of at least 4 members (excludes halogenated alkanes) is 3. The maximum Gasteiger partial charge on any atom is 0.0725 e. The van der Waals surface area contributed by atoms with E-state index in [2.05, 4.69) is 48.8 Å². The molecule has 0 aliphatic carbocycles. The van der Waals surface area contributed by atoms with E-state index in [1.807, 2.05) is 6.20 Å². The third-order valence-corrected chi connectivity index (χ3v) is 3.56. The minimum Gasteiger partial charge on any atom is -0.249 e. The van der Waals surface area contributed by atoms with Crippen LogP contribution in [0.15, 0.2) is 17.8 Å². The lowest BCUT2D eigenvalue weighted by atomic mass is 10.0. The maximum atomic E-state index is 4.19. The van der Waals surface area contributed by atoms with Crippen LogP contribution in [0.25, 0.3) is 0 Å². The van der Waals surface area contributed by atoms with E-state index in [0.717, 1.165) is 25.3 Å². The van der Waals surface area contributed by atoms with Gasteiger partial charge in [-0.2, -0.15) is 0 Å². The van der Waals surface area contributed by atoms with E-state index in [0.29, 0.717) is 0 Å². The third-order valence-electron chi connectivity index (χ3n) is 3.56. The number of aromatic nitrogens is 3. The highest BCUT2D eigenvalue weighted by molar-refractivity contribution is 4.96. The zero-order valence-electron chi connectivity index (χ0n) is 13.7. The van der Waals surface area contributed by atoms with E-state index < -0.39 is 0 Å². The van der Waals surface area contributed by atoms with Crippen molar-refractivity contribution in [3.8, 4) is 0 Å². The van der Waals surface area contributed by atoms with Gasteiger partial charge in [0.25, 0.3) is 0 Å². The molecule has 0 amide bonds. The predicted octanol–water partition coefficient (Wildman–Crippen LogP) is 4.78. The lowest BCUT2D eigenvalue weighted by Gasteiger charge is -2.06. The molecule has 1 aromatic heterocycles. The van der Waals surface area contributed by atoms with Crippen LogP contribution >= 0.6 is 0 Å². The minimum absolute atomic E-state index is 0.843. The predicted molar refractivity (Wildman–Crippen MR) is 85.7 cm³/mol. The summed E-state index contributed by atoms with van der Waals surface area (Å²) in [6.45, 7) is 9.83. The number of aryl methyl sites for hydroxylation is 2. The van der Waals surface area contributed by atoms with E-state index in [4.69, 9.17) is 0 Å². The molecule has 1 heterocycles. The van der Waals surface area contributed by atoms with Crippen LogP contribution in [-0.2, 0) is 13.0 Å². The smallest absolute Gasteiger partial charge is 0.0725 e. The Morgan fingerprint density at radius 3 is 2.65 bits per heavy atom. The van der Waals surface area contributed by atoms with Gasteiger partial charge in [0.15, 0.2) is 0 Å². The fourth-order valence-corrected chi connectivity index (χ4v) is 2.35. The highest BCUT2D eigenvalue weighted by Crippen LogP contribution is 2.11. The molecule has 0 N–H and O–H groups in total. The summed E-state index contributed by atoms with van der Waals surface area (Å²) in [7, 11) is 0. The Morgan fingerprint density at radius 2 is 1.95 bits per heavy atom. The van der Waals surface area contributed by atoms with Gasteiger partial charge in [-0.25, -0.2) is 4.68 Å². The van der Waals surface area contributed by atoms with Gasteiger partial charge in [-0.3, -0.25) is 0 Å². The summed E-state index contributed by atoms with van der Waals surface area (Å²) in [5.41, 5.74) is 2.66. The first-order valence-electron chi connectivity index (χ1n) is 8.10. The standard InChI is InChI=1S/C17H31N3/c1-15(2)10-7-5-6-8-12-17-14-18-19-20(17)13-9-11-16(3)4/h11,14-15H,5-10,12-13H2,1-4H3. The topological polar surface area (TPSA) is 30.7 Å². The van der Waals surface area contributed by atoms with E-state index in [1.165, 1.54) is 43.4 Å². The van der Waals surface area contributed by atoms with E-state index >= 15 is 0 Å². The molecule has 0 radical (unpaired) electrons. The van der Waals surface area contributed by atoms with Crippen molar-refractivity contribution in [2.24, 2.45) is 5.92 Å². The Labute approximate surface area is 124 Å². The molecule has 1 aromatic rings. The van der Waals surface area contributed by atoms with Crippen LogP contribution in [0.2, 0.25) is 0 Å². The Bertz CT molecular complexity index is 387. The van der Waals surface area contributed by atoms with Crippen LogP contribution in [0.3, 0.4) is 0 Å². The average molecular weight is 277 g/mol. The normalized spacial score (nSPS) is 11.1. The molecule has 0 aliphatic rings. The van der Waals surface area contributed by atoms with Crippen LogP contribution in [0.5, 0.6) is 0 Å². The van der Waals surface area contributed by atoms with Crippen LogP contribution in [0, 0.1) is 5.92 Å². The second-order valence-electron chi connectivity index (χ2n) is 6.37. The molecule has 20 heavy (non-hydrogen) atoms. The first-order chi connectivity index (χ1) is 9.59. The Morgan fingerprint density at radius 1 is 1.20 bits per heavy atom. The molecule has 1 rings (SSSR count). The first kappa shape index (κ1) is 16.9. The molecule has 0 spiro atoms. The van der Waals surface area contributed by atoms with Crippen molar-refractivity contribution < 1.29 is 0 Å². The Kier molecular flexibility index (Phi) is 8.24. The highest BCUT2D eigenvalue weighted by atomic mass is 15.4. The second-order valence-corrected chi connectivity index (χ2v) is 6.37. The van der Waals surface area contributed by atoms with Crippen LogP contribution < -0.4 is 0 Å². The van der Waals surface area contributed by atoms with Gasteiger partial charge in [0, 0.05) is 6.54 Å². The summed E-state index contributed by atoms with van der Waals surface area (Å²) in [5.74, 6) is 0.843. The molecular formula is C17H31N3. The van der Waals surface area contributed by atoms with Crippen molar-refractivity contribution in [1.29, 1.82) is 0 Å². The molecule has 0 atom stereocenters. The SMILES string of the molecule is CC(C)=CCCn1nncc1CCCCCCC(C)C. The van der Waals surface area contributed by atoms with Crippen molar-refractivity contribution in [3.63, 3.8) is 0 Å². The molecule has 3 nitrogen and oxygen atoms in total. The molecule has 0 bridgehead atoms. The quantitative estimate of drug-likeness (QED) is 0.455. The lowest BCUT2D eigenvalue weighted by molar-refractivity contribution is 0.512. The minimum atomic E-state index is 0.843. The molecule has 0 saturated heterocycles. The molecular weight excluding hydrogens is 246 g/mol. The first-order valence-corrected chi connectivity index (χ1v) is 8.10. The maximum absolute atomic E-state index is 4.19. The number of rotatable bonds is 10. The van der Waals surface area contributed by atoms with Crippen molar-refractivity contribution in [2.75, 3.05) is 0 Å². The summed E-state index contributed by atoms with van der Waals surface area (Å²) in [4.78, 5) is 0. The summed E-state index contributed by atoms with van der Waals surface area (Å²) in [5, 5.41) is 8.24. The van der Waals surface area contributed by atoms with Gasteiger partial charge in [0.05, 0.1) is 11.9 Å². The van der Waals surface area contributed by atoms with Gasteiger partial charge in [-0.1, -0.05) is 56.4 Å². The zero-order chi connectivity index (χ0) is 14.8. The average Bonchev–Trinajstić information content (AvgIpc) is 2.80. The Balaban J connectivity index is 2.20. The number of nitrogens with zero attached hydrogens (tertiary/aromatic N) is 3. The third kappa shape index (κ3) is 7.46. The largest absolute Gasteiger partial charge is 0.249 e. The lowest BCUT2D eigenvalue weighted by Crippen LogP contribution is -2.05. The van der Waals surface area contributed by atoms with Crippen molar-refractivity contribution in [3.05, 3.63) is 23.5 Å². The molecule has 0 aromatic carbocycles. The fraction of sp³-hybridized carbons (Fsp3) is 0.765. The van der Waals surface area contributed by atoms with Crippen molar-refractivity contribution >= 4 is 0 Å². The number of allylic oxidation sites excluding steroid dienone is 2. The summed E-state index contributed by atoms with van der Waals surface area (Å²) in [6.07, 6.45) is 13.0. The van der Waals surface area contributed by atoms with Crippen molar-refractivity contribution in [2.45, 2.75) is 79.2 Å². The van der Waals surface area contributed by atoms with E-state index in [9.17, 15) is 0 Å². The fourth-order valence-electron chi connectivity index (χ4n) is 2.35. The van der Waals surface area contributed by atoms with Gasteiger partial charge in [0.2, 0.25) is 0 Å². The van der Waals surface area contributed by atoms with Gasteiger partial charge in [-0.05, 0) is 39.0 Å². The second kappa shape index (κ2) is 9.73. The molecule has 0 fully saturated rings. The molecule has 114 valence electrons.